The van der Waals surface area contributed by atoms with Crippen LogP contribution in [-0.4, -0.2) is 18.0 Å². The summed E-state index contributed by atoms with van der Waals surface area (Å²) in [6.45, 7) is 1.64. The molecule has 0 aliphatic carbocycles. The average Bonchev–Trinajstić information content (AvgIpc) is 1.99. The zero-order valence-electron chi connectivity index (χ0n) is 6.84. The fourth-order valence-corrected chi connectivity index (χ4v) is 1.81. The first kappa shape index (κ1) is 13.2. The molecule has 0 aliphatic heterocycles. The van der Waals surface area contributed by atoms with E-state index in [4.69, 9.17) is 0 Å². The molecule has 8 heteroatoms. The van der Waals surface area contributed by atoms with Crippen LogP contribution in [0.15, 0.2) is 0 Å². The van der Waals surface area contributed by atoms with Crippen LogP contribution in [0.25, 0.3) is 0 Å². The Kier molecular flexibility index (Phi) is 6.68. The quantitative estimate of drug-likeness (QED) is 0.372. The van der Waals surface area contributed by atoms with Gasteiger partial charge in [-0.15, -0.1) is 0 Å². The molecule has 0 atom stereocenters. The number of hydrogen-bond acceptors (Lipinski definition) is 6. The molecule has 0 aromatic heterocycles. The van der Waals surface area contributed by atoms with Gasteiger partial charge in [0, 0.05) is 0 Å². The summed E-state index contributed by atoms with van der Waals surface area (Å²) < 4.78 is 4.40. The predicted octanol–water partition coefficient (Wildman–Crippen LogP) is -2.67. The van der Waals surface area contributed by atoms with Crippen LogP contribution in [0.1, 0.15) is 13.3 Å². The van der Waals surface area contributed by atoms with E-state index >= 15 is 0 Å². The zero-order valence-corrected chi connectivity index (χ0v) is 8.62. The number of esters is 1. The molecule has 0 bridgehead atoms. The highest BCUT2D eigenvalue weighted by Crippen LogP contribution is 2.41. The van der Waals surface area contributed by atoms with E-state index < -0.39 is 34.5 Å². The van der Waals surface area contributed by atoms with E-state index in [1.54, 1.807) is 6.92 Å². The van der Waals surface area contributed by atoms with Crippen LogP contribution in [0, 0.1) is 0 Å². The second-order valence-corrected chi connectivity index (χ2v) is 4.86. The van der Waals surface area contributed by atoms with Gasteiger partial charge < -0.3 is 41.1 Å². The topological polar surface area (TPSA) is 119 Å². The molecule has 0 fully saturated rings. The Morgan fingerprint density at radius 1 is 1.31 bits per heavy atom. The molecular formula is C5H8O6P2-4. The molecule has 6 nitrogen and oxygen atoms in total. The van der Waals surface area contributed by atoms with Crippen LogP contribution in [0.5, 0.6) is 0 Å². The molecule has 78 valence electrons. The van der Waals surface area contributed by atoms with Gasteiger partial charge in [0.15, 0.2) is 0 Å². The van der Waals surface area contributed by atoms with Crippen molar-refractivity contribution in [3.05, 3.63) is 0 Å². The maximum Gasteiger partial charge on any atom is 0.306 e. The summed E-state index contributed by atoms with van der Waals surface area (Å²) in [5, 5.41) is -1.65. The number of hydrogen-bond donors (Lipinski definition) is 0. The van der Waals surface area contributed by atoms with E-state index in [9.17, 15) is 24.4 Å². The van der Waals surface area contributed by atoms with Crippen molar-refractivity contribution in [2.45, 2.75) is 18.7 Å². The Balaban J connectivity index is 4.02. The first-order chi connectivity index (χ1) is 5.99. The third-order valence-electron chi connectivity index (χ3n) is 1.14. The monoisotopic (exact) mass is 226 g/mol. The van der Waals surface area contributed by atoms with Crippen molar-refractivity contribution in [1.29, 1.82) is 0 Å². The van der Waals surface area contributed by atoms with E-state index in [2.05, 4.69) is 4.74 Å². The summed E-state index contributed by atoms with van der Waals surface area (Å²) in [5.74, 6) is -0.828. The molecule has 0 rings (SSSR count). The minimum Gasteiger partial charge on any atom is -0.841 e. The summed E-state index contributed by atoms with van der Waals surface area (Å²) in [6, 6.07) is 0. The Morgan fingerprint density at radius 3 is 2.08 bits per heavy atom. The van der Waals surface area contributed by atoms with Gasteiger partial charge in [-0.2, -0.15) is 0 Å². The molecule has 0 unspecified atom stereocenters. The van der Waals surface area contributed by atoms with Gasteiger partial charge in [0.1, 0.15) is 0 Å². The number of carbonyl (C=O) groups is 1. The highest BCUT2D eigenvalue weighted by atomic mass is 31.2. The fourth-order valence-electron chi connectivity index (χ4n) is 0.595. The van der Waals surface area contributed by atoms with Crippen LogP contribution >= 0.6 is 16.8 Å². The van der Waals surface area contributed by atoms with Crippen molar-refractivity contribution < 1.29 is 29.1 Å². The normalized spacial score (nSPS) is 11.4. The fraction of sp³-hybridized carbons (Fsp3) is 0.800. The SMILES string of the molecule is CCOC(=O)CC(P([O-])[O-])P([O-])[O-]. The maximum atomic E-state index is 10.7. The summed E-state index contributed by atoms with van der Waals surface area (Å²) in [6.07, 6.45) is -0.634. The van der Waals surface area contributed by atoms with Crippen molar-refractivity contribution >= 4 is 22.7 Å². The standard InChI is InChI=1S/C5H8O6P2/c1-2-11-4(6)3-5(12(7)8)13(9)10/h5H,2-3H2,1H3/q-4. The molecule has 0 radical (unpaired) electrons. The largest absolute Gasteiger partial charge is 0.841 e. The summed E-state index contributed by atoms with van der Waals surface area (Å²) >= 11 is 0. The molecule has 0 heterocycles. The summed E-state index contributed by atoms with van der Waals surface area (Å²) in [4.78, 5) is 52.0. The highest BCUT2D eigenvalue weighted by molar-refractivity contribution is 7.61. The molecule has 0 saturated carbocycles. The van der Waals surface area contributed by atoms with E-state index in [-0.39, 0.29) is 6.61 Å². The van der Waals surface area contributed by atoms with Gasteiger partial charge in [-0.05, 0) is 12.3 Å². The molecule has 0 N–H and O–H groups in total. The Bertz CT molecular complexity index is 153. The van der Waals surface area contributed by atoms with E-state index in [0.717, 1.165) is 0 Å². The van der Waals surface area contributed by atoms with Crippen molar-refractivity contribution in [3.8, 4) is 0 Å². The lowest BCUT2D eigenvalue weighted by molar-refractivity contribution is -0.307. The summed E-state index contributed by atoms with van der Waals surface area (Å²) in [5.41, 5.74) is 0. The molecule has 13 heavy (non-hydrogen) atoms. The lowest BCUT2D eigenvalue weighted by Gasteiger charge is -2.51. The number of ether oxygens (including phenoxy) is 1. The van der Waals surface area contributed by atoms with E-state index in [1.807, 2.05) is 0 Å². The molecule has 0 saturated heterocycles. The van der Waals surface area contributed by atoms with Gasteiger partial charge in [0.05, 0.1) is 13.0 Å². The van der Waals surface area contributed by atoms with Crippen LogP contribution in [0.2, 0.25) is 0 Å². The lowest BCUT2D eigenvalue weighted by atomic mass is 10.5. The number of carbonyl (C=O) groups excluding carboxylic acids is 1. The third kappa shape index (κ3) is 5.47. The van der Waals surface area contributed by atoms with Gasteiger partial charge in [-0.25, -0.2) is 0 Å². The van der Waals surface area contributed by atoms with Crippen LogP contribution < -0.4 is 19.6 Å². The second kappa shape index (κ2) is 6.60. The molecule has 0 aromatic carbocycles. The second-order valence-electron chi connectivity index (χ2n) is 2.06. The summed E-state index contributed by atoms with van der Waals surface area (Å²) in [7, 11) is -6.29. The van der Waals surface area contributed by atoms with Gasteiger partial charge in [-0.3, -0.25) is 4.79 Å². The first-order valence-corrected chi connectivity index (χ1v) is 5.91. The van der Waals surface area contributed by atoms with Gasteiger partial charge in [0.25, 0.3) is 0 Å². The Morgan fingerprint density at radius 2 is 1.77 bits per heavy atom. The maximum absolute atomic E-state index is 10.7. The van der Waals surface area contributed by atoms with Gasteiger partial charge >= 0.3 is 5.97 Å². The Hall–Kier alpha value is 0.170. The molecule has 0 spiro atoms. The van der Waals surface area contributed by atoms with Crippen molar-refractivity contribution in [2.75, 3.05) is 6.61 Å². The van der Waals surface area contributed by atoms with Crippen molar-refractivity contribution in [3.63, 3.8) is 0 Å². The molecule has 0 amide bonds. The third-order valence-corrected chi connectivity index (χ3v) is 3.61. The minimum absolute atomic E-state index is 0.0941. The molecule has 0 aromatic rings. The van der Waals surface area contributed by atoms with Crippen molar-refractivity contribution in [2.24, 2.45) is 0 Å². The van der Waals surface area contributed by atoms with Crippen LogP contribution in [0.4, 0.5) is 0 Å². The van der Waals surface area contributed by atoms with E-state index in [1.165, 1.54) is 0 Å². The van der Waals surface area contributed by atoms with Crippen LogP contribution in [0.3, 0.4) is 0 Å². The predicted molar refractivity (Wildman–Crippen MR) is 38.9 cm³/mol. The zero-order chi connectivity index (χ0) is 10.4. The highest BCUT2D eigenvalue weighted by Gasteiger charge is 2.08. The van der Waals surface area contributed by atoms with Crippen LogP contribution in [-0.2, 0) is 9.53 Å². The first-order valence-electron chi connectivity index (χ1n) is 3.41. The minimum atomic E-state index is -3.14. The van der Waals surface area contributed by atoms with Gasteiger partial charge in [-0.1, -0.05) is 0 Å². The average molecular weight is 226 g/mol. The molecular weight excluding hydrogens is 218 g/mol. The smallest absolute Gasteiger partial charge is 0.306 e. The van der Waals surface area contributed by atoms with Crippen molar-refractivity contribution in [1.82, 2.24) is 0 Å². The number of rotatable bonds is 5. The lowest BCUT2D eigenvalue weighted by Crippen LogP contribution is -2.30. The molecule has 0 aliphatic rings. The van der Waals surface area contributed by atoms with E-state index in [0.29, 0.717) is 0 Å². The van der Waals surface area contributed by atoms with Gasteiger partial charge in [0.2, 0.25) is 0 Å². The Labute approximate surface area is 78.0 Å².